The number of nitrogens with zero attached hydrogens (tertiary/aromatic N) is 1. The van der Waals surface area contributed by atoms with E-state index in [0.717, 1.165) is 30.4 Å². The molecule has 0 saturated carbocycles. The molecule has 1 saturated heterocycles. The molecule has 2 heterocycles. The van der Waals surface area contributed by atoms with E-state index in [1.807, 2.05) is 13.1 Å². The minimum Gasteiger partial charge on any atom is -0.459 e. The third kappa shape index (κ3) is 2.99. The van der Waals surface area contributed by atoms with Gasteiger partial charge in [-0.05, 0) is 45.3 Å². The number of rotatable bonds is 4. The quantitative estimate of drug-likeness (QED) is 0.927. The average molecular weight is 286 g/mol. The number of nitrogens with one attached hydrogen (secondary N) is 1. The molecule has 2 unspecified atom stereocenters. The summed E-state index contributed by atoms with van der Waals surface area (Å²) in [6, 6.07) is 9.06. The molecular formula is C18H26N2O. The standard InChI is InChI=1S/C18H26N2O/c1-13-8-9-20(14(2)10-13)12-16-15-6-4-5-7-17(15)21-18(16)11-19-3/h4-7,13-14,19H,8-12H2,1-3H3. The van der Waals surface area contributed by atoms with Crippen LogP contribution < -0.4 is 5.32 Å². The lowest BCUT2D eigenvalue weighted by molar-refractivity contribution is 0.122. The molecule has 1 aromatic heterocycles. The Morgan fingerprint density at radius 2 is 2.10 bits per heavy atom. The summed E-state index contributed by atoms with van der Waals surface area (Å²) in [5, 5.41) is 4.50. The Balaban J connectivity index is 1.89. The lowest BCUT2D eigenvalue weighted by Gasteiger charge is -2.36. The van der Waals surface area contributed by atoms with E-state index in [4.69, 9.17) is 4.42 Å². The topological polar surface area (TPSA) is 28.4 Å². The third-order valence-electron chi connectivity index (χ3n) is 4.76. The van der Waals surface area contributed by atoms with Gasteiger partial charge in [-0.1, -0.05) is 25.1 Å². The van der Waals surface area contributed by atoms with Crippen LogP contribution in [0.25, 0.3) is 11.0 Å². The van der Waals surface area contributed by atoms with Crippen LogP contribution in [0.5, 0.6) is 0 Å². The monoisotopic (exact) mass is 286 g/mol. The molecule has 2 aromatic rings. The molecule has 114 valence electrons. The van der Waals surface area contributed by atoms with Crippen molar-refractivity contribution in [3.63, 3.8) is 0 Å². The molecule has 0 bridgehead atoms. The van der Waals surface area contributed by atoms with Crippen molar-refractivity contribution >= 4 is 11.0 Å². The number of hydrogen-bond acceptors (Lipinski definition) is 3. The van der Waals surface area contributed by atoms with Gasteiger partial charge in [0.15, 0.2) is 0 Å². The fraction of sp³-hybridized carbons (Fsp3) is 0.556. The lowest BCUT2D eigenvalue weighted by Crippen LogP contribution is -2.39. The van der Waals surface area contributed by atoms with Gasteiger partial charge in [-0.3, -0.25) is 4.90 Å². The van der Waals surface area contributed by atoms with Crippen LogP contribution in [0.4, 0.5) is 0 Å². The Bertz CT molecular complexity index is 604. The summed E-state index contributed by atoms with van der Waals surface area (Å²) < 4.78 is 6.05. The van der Waals surface area contributed by atoms with Gasteiger partial charge in [0, 0.05) is 23.5 Å². The zero-order valence-electron chi connectivity index (χ0n) is 13.4. The van der Waals surface area contributed by atoms with E-state index in [1.165, 1.54) is 30.3 Å². The van der Waals surface area contributed by atoms with Crippen LogP contribution in [0.1, 0.15) is 38.0 Å². The van der Waals surface area contributed by atoms with Gasteiger partial charge in [0.25, 0.3) is 0 Å². The Kier molecular flexibility index (Phi) is 4.32. The van der Waals surface area contributed by atoms with Crippen molar-refractivity contribution in [3.8, 4) is 0 Å². The van der Waals surface area contributed by atoms with Gasteiger partial charge in [0.2, 0.25) is 0 Å². The predicted molar refractivity (Wildman–Crippen MR) is 87.2 cm³/mol. The molecule has 0 radical (unpaired) electrons. The molecule has 2 atom stereocenters. The van der Waals surface area contributed by atoms with Gasteiger partial charge in [-0.15, -0.1) is 0 Å². The van der Waals surface area contributed by atoms with Crippen LogP contribution in [0.15, 0.2) is 28.7 Å². The molecular weight excluding hydrogens is 260 g/mol. The van der Waals surface area contributed by atoms with Crippen molar-refractivity contribution < 1.29 is 4.42 Å². The van der Waals surface area contributed by atoms with E-state index in [1.54, 1.807) is 0 Å². The van der Waals surface area contributed by atoms with Crippen LogP contribution in [0, 0.1) is 5.92 Å². The predicted octanol–water partition coefficient (Wildman–Crippen LogP) is 3.77. The summed E-state index contributed by atoms with van der Waals surface area (Å²) >= 11 is 0. The van der Waals surface area contributed by atoms with Crippen molar-refractivity contribution in [1.82, 2.24) is 10.2 Å². The van der Waals surface area contributed by atoms with E-state index < -0.39 is 0 Å². The van der Waals surface area contributed by atoms with Crippen molar-refractivity contribution in [2.45, 2.75) is 45.8 Å². The molecule has 0 spiro atoms. The second-order valence-corrected chi connectivity index (χ2v) is 6.48. The average Bonchev–Trinajstić information content (AvgIpc) is 2.80. The molecule has 3 nitrogen and oxygen atoms in total. The Labute approximate surface area is 127 Å². The minimum absolute atomic E-state index is 0.657. The summed E-state index contributed by atoms with van der Waals surface area (Å²) in [5.41, 5.74) is 2.37. The number of para-hydroxylation sites is 1. The van der Waals surface area contributed by atoms with Crippen LogP contribution in [0.3, 0.4) is 0 Å². The molecule has 3 rings (SSSR count). The van der Waals surface area contributed by atoms with E-state index in [0.29, 0.717) is 6.04 Å². The minimum atomic E-state index is 0.657. The number of piperidine rings is 1. The third-order valence-corrected chi connectivity index (χ3v) is 4.76. The smallest absolute Gasteiger partial charge is 0.134 e. The number of hydrogen-bond donors (Lipinski definition) is 1. The van der Waals surface area contributed by atoms with Gasteiger partial charge in [-0.2, -0.15) is 0 Å². The molecule has 0 amide bonds. The molecule has 1 N–H and O–H groups in total. The normalized spacial score (nSPS) is 23.8. The molecule has 1 aromatic carbocycles. The summed E-state index contributed by atoms with van der Waals surface area (Å²) in [7, 11) is 1.97. The maximum Gasteiger partial charge on any atom is 0.134 e. The highest BCUT2D eigenvalue weighted by Gasteiger charge is 2.25. The van der Waals surface area contributed by atoms with Crippen LogP contribution >= 0.6 is 0 Å². The fourth-order valence-electron chi connectivity index (χ4n) is 3.52. The maximum atomic E-state index is 6.05. The van der Waals surface area contributed by atoms with Gasteiger partial charge in [0.05, 0.1) is 6.54 Å². The van der Waals surface area contributed by atoms with Crippen LogP contribution in [0.2, 0.25) is 0 Å². The number of furan rings is 1. The highest BCUT2D eigenvalue weighted by Crippen LogP contribution is 2.30. The summed E-state index contributed by atoms with van der Waals surface area (Å²) in [4.78, 5) is 2.61. The first-order valence-electron chi connectivity index (χ1n) is 8.07. The highest BCUT2D eigenvalue weighted by atomic mass is 16.3. The molecule has 21 heavy (non-hydrogen) atoms. The van der Waals surface area contributed by atoms with Gasteiger partial charge >= 0.3 is 0 Å². The zero-order chi connectivity index (χ0) is 14.8. The van der Waals surface area contributed by atoms with Crippen molar-refractivity contribution in [2.24, 2.45) is 5.92 Å². The zero-order valence-corrected chi connectivity index (χ0v) is 13.4. The summed E-state index contributed by atoms with van der Waals surface area (Å²) in [6.45, 7) is 7.72. The molecule has 1 aliphatic heterocycles. The SMILES string of the molecule is CNCc1oc2ccccc2c1CN1CCC(C)CC1C. The first-order chi connectivity index (χ1) is 10.2. The van der Waals surface area contributed by atoms with Gasteiger partial charge in [-0.25, -0.2) is 0 Å². The second-order valence-electron chi connectivity index (χ2n) is 6.48. The Morgan fingerprint density at radius 3 is 2.86 bits per heavy atom. The number of benzene rings is 1. The molecule has 1 aliphatic rings. The van der Waals surface area contributed by atoms with E-state index in [9.17, 15) is 0 Å². The van der Waals surface area contributed by atoms with Gasteiger partial charge < -0.3 is 9.73 Å². The molecule has 1 fully saturated rings. The lowest BCUT2D eigenvalue weighted by atomic mass is 9.93. The largest absolute Gasteiger partial charge is 0.459 e. The first-order valence-corrected chi connectivity index (χ1v) is 8.07. The number of fused-ring (bicyclic) bond motifs is 1. The van der Waals surface area contributed by atoms with Crippen LogP contribution in [-0.4, -0.2) is 24.5 Å². The molecule has 0 aliphatic carbocycles. The summed E-state index contributed by atoms with van der Waals surface area (Å²) in [6.07, 6.45) is 2.61. The second kappa shape index (κ2) is 6.20. The van der Waals surface area contributed by atoms with Crippen molar-refractivity contribution in [1.29, 1.82) is 0 Å². The van der Waals surface area contributed by atoms with E-state index >= 15 is 0 Å². The first kappa shape index (κ1) is 14.6. The Hall–Kier alpha value is -1.32. The Morgan fingerprint density at radius 1 is 1.29 bits per heavy atom. The van der Waals surface area contributed by atoms with Gasteiger partial charge in [0.1, 0.15) is 11.3 Å². The van der Waals surface area contributed by atoms with Crippen molar-refractivity contribution in [2.75, 3.05) is 13.6 Å². The molecule has 3 heteroatoms. The fourth-order valence-corrected chi connectivity index (χ4v) is 3.52. The number of likely N-dealkylation sites (tertiary alicyclic amines) is 1. The van der Waals surface area contributed by atoms with Crippen LogP contribution in [-0.2, 0) is 13.1 Å². The maximum absolute atomic E-state index is 6.05. The van der Waals surface area contributed by atoms with Crippen molar-refractivity contribution in [3.05, 3.63) is 35.6 Å². The van der Waals surface area contributed by atoms with E-state index in [2.05, 4.69) is 42.3 Å². The van der Waals surface area contributed by atoms with E-state index in [-0.39, 0.29) is 0 Å². The highest BCUT2D eigenvalue weighted by molar-refractivity contribution is 5.82. The summed E-state index contributed by atoms with van der Waals surface area (Å²) in [5.74, 6) is 1.94.